The Morgan fingerprint density at radius 2 is 1.78 bits per heavy atom. The predicted octanol–water partition coefficient (Wildman–Crippen LogP) is 6.15. The largest absolute Gasteiger partial charge is 0.354 e. The molecule has 1 atom stereocenters. The molecule has 5 rings (SSSR count). The van der Waals surface area contributed by atoms with Gasteiger partial charge in [0.1, 0.15) is 0 Å². The van der Waals surface area contributed by atoms with Crippen LogP contribution in [0.15, 0.2) is 82.1 Å². The zero-order valence-electron chi connectivity index (χ0n) is 14.7. The summed E-state index contributed by atoms with van der Waals surface area (Å²) in [5.74, 6) is 0.111. The first-order valence-corrected chi connectivity index (χ1v) is 10.2. The molecule has 0 spiro atoms. The van der Waals surface area contributed by atoms with Crippen LogP contribution >= 0.6 is 24.4 Å². The number of aryl methyl sites for hydroxylation is 1. The molecule has 3 aromatic rings. The van der Waals surface area contributed by atoms with Gasteiger partial charge in [0.2, 0.25) is 0 Å². The molecule has 0 saturated heterocycles. The van der Waals surface area contributed by atoms with Crippen LogP contribution in [0.25, 0.3) is 5.70 Å². The van der Waals surface area contributed by atoms with E-state index in [2.05, 4.69) is 55.2 Å². The molecule has 0 aromatic heterocycles. The molecular weight excluding hydrogens is 370 g/mol. The van der Waals surface area contributed by atoms with Gasteiger partial charge in [0, 0.05) is 26.5 Å². The van der Waals surface area contributed by atoms with E-state index >= 15 is 0 Å². The first-order valence-electron chi connectivity index (χ1n) is 8.83. The van der Waals surface area contributed by atoms with E-state index in [0.29, 0.717) is 0 Å². The SMILES string of the molecule is Cc1ccc2c(c1)SC(c1cccc(S)c1)C1=C(N2)c2ccccc2C1=O. The van der Waals surface area contributed by atoms with Gasteiger partial charge in [-0.15, -0.1) is 24.4 Å². The van der Waals surface area contributed by atoms with Crippen LogP contribution in [0.4, 0.5) is 5.69 Å². The lowest BCUT2D eigenvalue weighted by Gasteiger charge is -2.18. The van der Waals surface area contributed by atoms with Crippen molar-refractivity contribution < 1.29 is 4.79 Å². The monoisotopic (exact) mass is 387 g/mol. The van der Waals surface area contributed by atoms with Crippen LogP contribution in [-0.2, 0) is 0 Å². The Balaban J connectivity index is 1.76. The fourth-order valence-electron chi connectivity index (χ4n) is 3.76. The van der Waals surface area contributed by atoms with Crippen molar-refractivity contribution in [2.75, 3.05) is 5.32 Å². The van der Waals surface area contributed by atoms with Crippen molar-refractivity contribution in [2.45, 2.75) is 22.0 Å². The molecule has 0 radical (unpaired) electrons. The van der Waals surface area contributed by atoms with Crippen LogP contribution in [-0.4, -0.2) is 5.78 Å². The molecule has 1 unspecified atom stereocenters. The molecule has 0 fully saturated rings. The highest BCUT2D eigenvalue weighted by Crippen LogP contribution is 2.52. The summed E-state index contributed by atoms with van der Waals surface area (Å²) in [6, 6.07) is 22.3. The lowest BCUT2D eigenvalue weighted by molar-refractivity contribution is 0.103. The Hall–Kier alpha value is -2.43. The average Bonchev–Trinajstić information content (AvgIpc) is 2.83. The number of ketones is 1. The quantitative estimate of drug-likeness (QED) is 0.491. The summed E-state index contributed by atoms with van der Waals surface area (Å²) >= 11 is 6.24. The zero-order valence-corrected chi connectivity index (χ0v) is 16.4. The number of fused-ring (bicyclic) bond motifs is 3. The molecular formula is C23H17NOS2. The second kappa shape index (κ2) is 6.32. The van der Waals surface area contributed by atoms with Gasteiger partial charge in [0.05, 0.1) is 16.6 Å². The number of carbonyl (C=O) groups excluding carboxylic acids is 1. The Bertz CT molecular complexity index is 1130. The molecule has 1 aliphatic carbocycles. The topological polar surface area (TPSA) is 29.1 Å². The van der Waals surface area contributed by atoms with Crippen LogP contribution in [0.2, 0.25) is 0 Å². The van der Waals surface area contributed by atoms with E-state index < -0.39 is 0 Å². The van der Waals surface area contributed by atoms with Gasteiger partial charge in [-0.2, -0.15) is 0 Å². The molecule has 3 aromatic carbocycles. The van der Waals surface area contributed by atoms with Crippen molar-refractivity contribution in [1.29, 1.82) is 0 Å². The highest BCUT2D eigenvalue weighted by atomic mass is 32.2. The Morgan fingerprint density at radius 1 is 0.963 bits per heavy atom. The van der Waals surface area contributed by atoms with Crippen molar-refractivity contribution in [3.63, 3.8) is 0 Å². The first-order chi connectivity index (χ1) is 13.1. The fraction of sp³-hybridized carbons (Fsp3) is 0.0870. The molecule has 1 N–H and O–H groups in total. The summed E-state index contributed by atoms with van der Waals surface area (Å²) in [6.45, 7) is 2.09. The van der Waals surface area contributed by atoms with E-state index in [0.717, 1.165) is 43.4 Å². The highest BCUT2D eigenvalue weighted by molar-refractivity contribution is 8.00. The van der Waals surface area contributed by atoms with Crippen LogP contribution in [0.5, 0.6) is 0 Å². The number of hydrogen-bond acceptors (Lipinski definition) is 4. The molecule has 27 heavy (non-hydrogen) atoms. The number of anilines is 1. The number of Topliss-reactive ketones (excluding diaryl/α,β-unsaturated/α-hetero) is 1. The van der Waals surface area contributed by atoms with Gasteiger partial charge in [0.25, 0.3) is 0 Å². The maximum Gasteiger partial charge on any atom is 0.193 e. The molecule has 0 saturated carbocycles. The van der Waals surface area contributed by atoms with Crippen molar-refractivity contribution in [3.8, 4) is 0 Å². The van der Waals surface area contributed by atoms with Crippen molar-refractivity contribution >= 4 is 41.6 Å². The van der Waals surface area contributed by atoms with Gasteiger partial charge >= 0.3 is 0 Å². The lowest BCUT2D eigenvalue weighted by atomic mass is 10.0. The Morgan fingerprint density at radius 3 is 2.59 bits per heavy atom. The number of thioether (sulfide) groups is 1. The van der Waals surface area contributed by atoms with E-state index in [9.17, 15) is 4.79 Å². The van der Waals surface area contributed by atoms with E-state index in [1.54, 1.807) is 11.8 Å². The van der Waals surface area contributed by atoms with Crippen LogP contribution in [0, 0.1) is 6.92 Å². The minimum absolute atomic E-state index is 0.0810. The van der Waals surface area contributed by atoms with E-state index in [-0.39, 0.29) is 11.0 Å². The minimum Gasteiger partial charge on any atom is -0.354 e. The maximum absolute atomic E-state index is 13.3. The number of thiol groups is 1. The normalized spacial score (nSPS) is 17.7. The summed E-state index contributed by atoms with van der Waals surface area (Å²) in [6.07, 6.45) is 0. The summed E-state index contributed by atoms with van der Waals surface area (Å²) in [4.78, 5) is 15.4. The molecule has 2 aliphatic rings. The number of hydrogen-bond donors (Lipinski definition) is 2. The predicted molar refractivity (Wildman–Crippen MR) is 115 cm³/mol. The van der Waals surface area contributed by atoms with Gasteiger partial charge in [-0.25, -0.2) is 0 Å². The second-order valence-electron chi connectivity index (χ2n) is 6.88. The molecule has 1 aliphatic heterocycles. The number of rotatable bonds is 1. The van der Waals surface area contributed by atoms with Gasteiger partial charge in [0.15, 0.2) is 5.78 Å². The molecule has 2 nitrogen and oxygen atoms in total. The standard InChI is InChI=1S/C23H17NOS2/c1-13-9-10-18-19(11-13)27-23(14-5-4-6-15(26)12-14)20-21(24-18)16-7-2-3-8-17(16)22(20)25/h2-12,23-24,26H,1H3. The van der Waals surface area contributed by atoms with Crippen molar-refractivity contribution in [2.24, 2.45) is 0 Å². The molecule has 0 bridgehead atoms. The van der Waals surface area contributed by atoms with E-state index in [1.165, 1.54) is 5.56 Å². The smallest absolute Gasteiger partial charge is 0.193 e. The number of nitrogens with one attached hydrogen (secondary N) is 1. The van der Waals surface area contributed by atoms with E-state index in [4.69, 9.17) is 0 Å². The lowest BCUT2D eigenvalue weighted by Crippen LogP contribution is -2.07. The highest BCUT2D eigenvalue weighted by Gasteiger charge is 2.38. The Kier molecular flexibility index (Phi) is 3.92. The van der Waals surface area contributed by atoms with Crippen molar-refractivity contribution in [3.05, 3.63) is 94.6 Å². The molecule has 1 heterocycles. The third kappa shape index (κ3) is 2.71. The Labute approximate surface area is 168 Å². The van der Waals surface area contributed by atoms with E-state index in [1.807, 2.05) is 36.4 Å². The summed E-state index contributed by atoms with van der Waals surface area (Å²) in [5, 5.41) is 3.49. The van der Waals surface area contributed by atoms with Gasteiger partial charge in [-0.3, -0.25) is 4.79 Å². The summed E-state index contributed by atoms with van der Waals surface area (Å²) < 4.78 is 0. The van der Waals surface area contributed by atoms with Gasteiger partial charge < -0.3 is 5.32 Å². The average molecular weight is 388 g/mol. The van der Waals surface area contributed by atoms with Gasteiger partial charge in [-0.05, 0) is 42.3 Å². The third-order valence-electron chi connectivity index (χ3n) is 5.03. The van der Waals surface area contributed by atoms with Gasteiger partial charge in [-0.1, -0.05) is 42.5 Å². The van der Waals surface area contributed by atoms with Crippen LogP contribution in [0.1, 0.15) is 32.3 Å². The molecule has 132 valence electrons. The molecule has 4 heteroatoms. The van der Waals surface area contributed by atoms with Crippen molar-refractivity contribution in [1.82, 2.24) is 0 Å². The summed E-state index contributed by atoms with van der Waals surface area (Å²) in [5.41, 5.74) is 6.87. The number of benzene rings is 3. The zero-order chi connectivity index (χ0) is 18.5. The number of carbonyl (C=O) groups is 1. The minimum atomic E-state index is -0.0810. The molecule has 0 amide bonds. The first kappa shape index (κ1) is 16.7. The maximum atomic E-state index is 13.3. The fourth-order valence-corrected chi connectivity index (χ4v) is 5.38. The van der Waals surface area contributed by atoms with Crippen LogP contribution < -0.4 is 5.32 Å². The van der Waals surface area contributed by atoms with Crippen LogP contribution in [0.3, 0.4) is 0 Å². The second-order valence-corrected chi connectivity index (χ2v) is 8.54. The summed E-state index contributed by atoms with van der Waals surface area (Å²) in [7, 11) is 0. The third-order valence-corrected chi connectivity index (χ3v) is 6.65.